The Kier molecular flexibility index (Phi) is 2.07. The number of hydrogen-bond acceptors (Lipinski definition) is 5. The van der Waals surface area contributed by atoms with Gasteiger partial charge in [0.25, 0.3) is 0 Å². The highest BCUT2D eigenvalue weighted by atomic mass is 16.7. The summed E-state index contributed by atoms with van der Waals surface area (Å²) in [6.45, 7) is 5.52. The molecule has 2 saturated heterocycles. The Morgan fingerprint density at radius 1 is 1.53 bits per heavy atom. The van der Waals surface area contributed by atoms with Crippen LogP contribution in [-0.2, 0) is 14.2 Å². The Bertz CT molecular complexity index is 520. The van der Waals surface area contributed by atoms with E-state index in [1.54, 1.807) is 6.92 Å². The minimum absolute atomic E-state index is 0.0149. The molecule has 1 spiro atoms. The summed E-state index contributed by atoms with van der Waals surface area (Å²) in [6.07, 6.45) is 2.49. The van der Waals surface area contributed by atoms with Gasteiger partial charge in [0.2, 0.25) is 6.29 Å². The summed E-state index contributed by atoms with van der Waals surface area (Å²) in [7, 11) is 0. The molecule has 4 aliphatic rings. The maximum atomic E-state index is 9.89. The molecule has 1 aliphatic carbocycles. The summed E-state index contributed by atoms with van der Waals surface area (Å²) in [6, 6.07) is 0. The number of hydrogen-bond donors (Lipinski definition) is 2. The maximum Gasteiger partial charge on any atom is 0.210 e. The molecule has 0 aromatic heterocycles. The molecule has 3 heterocycles. The van der Waals surface area contributed by atoms with Gasteiger partial charge >= 0.3 is 0 Å². The van der Waals surface area contributed by atoms with Crippen molar-refractivity contribution in [2.24, 2.45) is 11.8 Å². The third kappa shape index (κ3) is 1.25. The van der Waals surface area contributed by atoms with Crippen molar-refractivity contribution in [3.05, 3.63) is 35.8 Å². The molecule has 5 heteroatoms. The number of allylic oxidation sites excluding steroid dienone is 1. The van der Waals surface area contributed by atoms with E-state index < -0.39 is 24.3 Å². The van der Waals surface area contributed by atoms with Gasteiger partial charge in [-0.2, -0.15) is 0 Å². The topological polar surface area (TPSA) is 68.2 Å². The molecular weight excluding hydrogens is 248 g/mol. The highest BCUT2D eigenvalue weighted by Gasteiger charge is 2.66. The van der Waals surface area contributed by atoms with Crippen molar-refractivity contribution in [3.8, 4) is 0 Å². The zero-order valence-corrected chi connectivity index (χ0v) is 10.6. The zero-order chi connectivity index (χ0) is 13.4. The average molecular weight is 264 g/mol. The summed E-state index contributed by atoms with van der Waals surface area (Å²) in [5.41, 5.74) is -0.100. The van der Waals surface area contributed by atoms with Gasteiger partial charge in [-0.05, 0) is 18.9 Å². The van der Waals surface area contributed by atoms with E-state index in [-0.39, 0.29) is 11.8 Å². The van der Waals surface area contributed by atoms with Crippen LogP contribution in [0.4, 0.5) is 0 Å². The summed E-state index contributed by atoms with van der Waals surface area (Å²) >= 11 is 0. The Hall–Kier alpha value is -1.30. The largest absolute Gasteiger partial charge is 0.475 e. The van der Waals surface area contributed by atoms with Crippen molar-refractivity contribution in [2.75, 3.05) is 0 Å². The maximum absolute atomic E-state index is 9.89. The van der Waals surface area contributed by atoms with Gasteiger partial charge in [0.05, 0.1) is 17.6 Å². The van der Waals surface area contributed by atoms with Crippen LogP contribution < -0.4 is 0 Å². The van der Waals surface area contributed by atoms with Crippen molar-refractivity contribution in [1.82, 2.24) is 0 Å². The summed E-state index contributed by atoms with van der Waals surface area (Å²) in [4.78, 5) is 0. The van der Waals surface area contributed by atoms with Gasteiger partial charge in [-0.1, -0.05) is 12.7 Å². The highest BCUT2D eigenvalue weighted by molar-refractivity contribution is 5.49. The lowest BCUT2D eigenvalue weighted by atomic mass is 9.81. The van der Waals surface area contributed by atoms with Gasteiger partial charge in [0.1, 0.15) is 5.76 Å². The summed E-state index contributed by atoms with van der Waals surface area (Å²) in [5, 5.41) is 19.6. The molecule has 5 nitrogen and oxygen atoms in total. The quantitative estimate of drug-likeness (QED) is 0.686. The van der Waals surface area contributed by atoms with Gasteiger partial charge < -0.3 is 24.4 Å². The molecule has 0 saturated carbocycles. The van der Waals surface area contributed by atoms with E-state index in [0.717, 1.165) is 0 Å². The van der Waals surface area contributed by atoms with Gasteiger partial charge in [-0.25, -0.2) is 0 Å². The predicted molar refractivity (Wildman–Crippen MR) is 64.4 cm³/mol. The summed E-state index contributed by atoms with van der Waals surface area (Å²) < 4.78 is 17.2. The molecule has 3 aliphatic heterocycles. The molecule has 0 bridgehead atoms. The number of aliphatic hydroxyl groups excluding tert-OH is 2. The van der Waals surface area contributed by atoms with Gasteiger partial charge in [-0.15, -0.1) is 0 Å². The number of ether oxygens (including phenoxy) is 3. The van der Waals surface area contributed by atoms with Crippen molar-refractivity contribution < 1.29 is 24.4 Å². The fraction of sp³-hybridized carbons (Fsp3) is 0.571. The standard InChI is InChI=1S/C14H16O5/c1-6(15)10-7(2)19-14-4-3-8-5-9(16)17-13(11(8)14)18-12(10)14/h3-4,6,8-9,11,13,15-16H,2,5H2,1H3. The molecule has 6 unspecified atom stereocenters. The van der Waals surface area contributed by atoms with Crippen LogP contribution in [0.15, 0.2) is 35.8 Å². The lowest BCUT2D eigenvalue weighted by Crippen LogP contribution is -2.44. The molecule has 19 heavy (non-hydrogen) atoms. The van der Waals surface area contributed by atoms with E-state index in [1.807, 2.05) is 12.2 Å². The molecule has 6 atom stereocenters. The van der Waals surface area contributed by atoms with Crippen LogP contribution in [0.3, 0.4) is 0 Å². The SMILES string of the molecule is C=C1OC23C=CC4CC(O)OC(OC2=C1C(C)O)C43. The van der Waals surface area contributed by atoms with Crippen LogP contribution in [0, 0.1) is 11.8 Å². The first-order chi connectivity index (χ1) is 9.03. The van der Waals surface area contributed by atoms with Gasteiger partial charge in [0, 0.05) is 6.42 Å². The van der Waals surface area contributed by atoms with Crippen LogP contribution in [0.5, 0.6) is 0 Å². The molecule has 102 valence electrons. The van der Waals surface area contributed by atoms with Crippen molar-refractivity contribution in [3.63, 3.8) is 0 Å². The second kappa shape index (κ2) is 3.42. The minimum atomic E-state index is -0.816. The van der Waals surface area contributed by atoms with Crippen molar-refractivity contribution >= 4 is 0 Å². The smallest absolute Gasteiger partial charge is 0.210 e. The third-order valence-electron chi connectivity index (χ3n) is 4.45. The second-order valence-electron chi connectivity index (χ2n) is 5.60. The van der Waals surface area contributed by atoms with Crippen LogP contribution in [0.25, 0.3) is 0 Å². The predicted octanol–water partition coefficient (Wildman–Crippen LogP) is 0.801. The zero-order valence-electron chi connectivity index (χ0n) is 10.6. The van der Waals surface area contributed by atoms with E-state index >= 15 is 0 Å². The molecule has 2 fully saturated rings. The molecule has 4 rings (SSSR count). The first-order valence-electron chi connectivity index (χ1n) is 6.53. The van der Waals surface area contributed by atoms with E-state index in [1.165, 1.54) is 0 Å². The Morgan fingerprint density at radius 2 is 2.32 bits per heavy atom. The molecule has 0 aromatic carbocycles. The van der Waals surface area contributed by atoms with E-state index in [0.29, 0.717) is 23.5 Å². The molecule has 2 N–H and O–H groups in total. The van der Waals surface area contributed by atoms with Crippen LogP contribution in [0.2, 0.25) is 0 Å². The third-order valence-corrected chi connectivity index (χ3v) is 4.45. The normalized spacial score (nSPS) is 47.8. The van der Waals surface area contributed by atoms with Gasteiger partial charge in [0.15, 0.2) is 17.7 Å². The van der Waals surface area contributed by atoms with E-state index in [2.05, 4.69) is 6.58 Å². The number of aliphatic hydroxyl groups is 2. The fourth-order valence-electron chi connectivity index (χ4n) is 3.74. The first-order valence-corrected chi connectivity index (χ1v) is 6.53. The Labute approximate surface area is 110 Å². The van der Waals surface area contributed by atoms with Gasteiger partial charge in [-0.3, -0.25) is 0 Å². The monoisotopic (exact) mass is 264 g/mol. The van der Waals surface area contributed by atoms with E-state index in [4.69, 9.17) is 14.2 Å². The molecule has 0 amide bonds. The average Bonchev–Trinajstić information content (AvgIpc) is 2.88. The van der Waals surface area contributed by atoms with Crippen LogP contribution in [-0.4, -0.2) is 34.5 Å². The number of rotatable bonds is 1. The molecular formula is C14H16O5. The minimum Gasteiger partial charge on any atom is -0.475 e. The Balaban J connectivity index is 1.85. The lowest BCUT2D eigenvalue weighted by molar-refractivity contribution is -0.255. The first kappa shape index (κ1) is 11.5. The fourth-order valence-corrected chi connectivity index (χ4v) is 3.74. The van der Waals surface area contributed by atoms with Crippen LogP contribution in [0.1, 0.15) is 13.3 Å². The Morgan fingerprint density at radius 3 is 3.05 bits per heavy atom. The van der Waals surface area contributed by atoms with Crippen molar-refractivity contribution in [2.45, 2.75) is 37.6 Å². The van der Waals surface area contributed by atoms with E-state index in [9.17, 15) is 10.2 Å². The lowest BCUT2D eigenvalue weighted by Gasteiger charge is -2.35. The second-order valence-corrected chi connectivity index (χ2v) is 5.60. The molecule has 0 radical (unpaired) electrons. The van der Waals surface area contributed by atoms with Crippen molar-refractivity contribution in [1.29, 1.82) is 0 Å². The van der Waals surface area contributed by atoms with Crippen LogP contribution >= 0.6 is 0 Å². The summed E-state index contributed by atoms with van der Waals surface area (Å²) in [5.74, 6) is 1.20. The highest BCUT2D eigenvalue weighted by Crippen LogP contribution is 2.60. The molecule has 0 aromatic rings.